The van der Waals surface area contributed by atoms with Crippen LogP contribution in [0.3, 0.4) is 0 Å². The second-order valence-corrected chi connectivity index (χ2v) is 3.56. The molecule has 0 aliphatic heterocycles. The van der Waals surface area contributed by atoms with E-state index < -0.39 is 12.0 Å². The highest BCUT2D eigenvalue weighted by Gasteiger charge is 2.03. The number of methoxy groups -OCH3 is 1. The van der Waals surface area contributed by atoms with Gasteiger partial charge in [0.1, 0.15) is 12.4 Å². The van der Waals surface area contributed by atoms with Gasteiger partial charge >= 0.3 is 12.0 Å². The van der Waals surface area contributed by atoms with E-state index in [-0.39, 0.29) is 12.4 Å². The van der Waals surface area contributed by atoms with E-state index in [2.05, 4.69) is 15.4 Å². The number of rotatable bonds is 5. The first-order chi connectivity index (χ1) is 8.61. The third kappa shape index (κ3) is 5.29. The van der Waals surface area contributed by atoms with Gasteiger partial charge < -0.3 is 15.4 Å². The number of nitrogens with one attached hydrogen (secondary N) is 2. The minimum Gasteiger partial charge on any atom is -0.468 e. The van der Waals surface area contributed by atoms with Gasteiger partial charge in [0, 0.05) is 6.54 Å². The molecule has 18 heavy (non-hydrogen) atoms. The summed E-state index contributed by atoms with van der Waals surface area (Å²) in [5.41, 5.74) is 0.921. The van der Waals surface area contributed by atoms with E-state index in [0.29, 0.717) is 13.0 Å². The lowest BCUT2D eigenvalue weighted by molar-refractivity contribution is -0.139. The van der Waals surface area contributed by atoms with Crippen LogP contribution in [0.2, 0.25) is 0 Å². The fourth-order valence-corrected chi connectivity index (χ4v) is 1.26. The van der Waals surface area contributed by atoms with Gasteiger partial charge in [0.2, 0.25) is 0 Å². The van der Waals surface area contributed by atoms with E-state index in [9.17, 15) is 14.0 Å². The predicted octanol–water partition coefficient (Wildman–Crippen LogP) is 0.840. The summed E-state index contributed by atoms with van der Waals surface area (Å²) in [5.74, 6) is -0.800. The second-order valence-electron chi connectivity index (χ2n) is 3.56. The van der Waals surface area contributed by atoms with Crippen molar-refractivity contribution in [2.75, 3.05) is 20.2 Å². The Kier molecular flexibility index (Phi) is 5.63. The van der Waals surface area contributed by atoms with Crippen LogP contribution in [0, 0.1) is 5.82 Å². The number of amides is 2. The van der Waals surface area contributed by atoms with Crippen molar-refractivity contribution in [3.8, 4) is 0 Å². The van der Waals surface area contributed by atoms with Gasteiger partial charge in [0.05, 0.1) is 7.11 Å². The van der Waals surface area contributed by atoms with E-state index in [4.69, 9.17) is 0 Å². The molecule has 0 heterocycles. The van der Waals surface area contributed by atoms with E-state index >= 15 is 0 Å². The van der Waals surface area contributed by atoms with Gasteiger partial charge in [0.25, 0.3) is 0 Å². The van der Waals surface area contributed by atoms with Crippen molar-refractivity contribution in [3.05, 3.63) is 35.6 Å². The molecular formula is C12H15FN2O3. The van der Waals surface area contributed by atoms with Crippen LogP contribution < -0.4 is 10.6 Å². The van der Waals surface area contributed by atoms with Crippen LogP contribution in [0.4, 0.5) is 9.18 Å². The molecule has 5 nitrogen and oxygen atoms in total. The highest BCUT2D eigenvalue weighted by atomic mass is 19.1. The number of ether oxygens (including phenoxy) is 1. The molecule has 0 aliphatic carbocycles. The van der Waals surface area contributed by atoms with Crippen LogP contribution in [0.1, 0.15) is 5.56 Å². The summed E-state index contributed by atoms with van der Waals surface area (Å²) in [5, 5.41) is 4.92. The summed E-state index contributed by atoms with van der Waals surface area (Å²) in [6.45, 7) is 0.234. The second kappa shape index (κ2) is 7.26. The molecule has 0 spiro atoms. The van der Waals surface area contributed by atoms with Crippen LogP contribution in [0.25, 0.3) is 0 Å². The normalized spacial score (nSPS) is 9.67. The maximum Gasteiger partial charge on any atom is 0.325 e. The Balaban J connectivity index is 2.19. The topological polar surface area (TPSA) is 67.4 Å². The molecule has 6 heteroatoms. The third-order valence-corrected chi connectivity index (χ3v) is 2.23. The molecule has 0 aliphatic rings. The third-order valence-electron chi connectivity index (χ3n) is 2.23. The average molecular weight is 254 g/mol. The fourth-order valence-electron chi connectivity index (χ4n) is 1.26. The van der Waals surface area contributed by atoms with Gasteiger partial charge in [0.15, 0.2) is 0 Å². The minimum absolute atomic E-state index is 0.168. The van der Waals surface area contributed by atoms with E-state index in [1.807, 2.05) is 0 Å². The molecular weight excluding hydrogens is 239 g/mol. The van der Waals surface area contributed by atoms with Gasteiger partial charge in [-0.25, -0.2) is 9.18 Å². The zero-order valence-electron chi connectivity index (χ0n) is 10.0. The summed E-state index contributed by atoms with van der Waals surface area (Å²) in [6.07, 6.45) is 0.589. The van der Waals surface area contributed by atoms with E-state index in [0.717, 1.165) is 5.56 Å². The number of hydrogen-bond acceptors (Lipinski definition) is 3. The van der Waals surface area contributed by atoms with Gasteiger partial charge in [-0.15, -0.1) is 0 Å². The summed E-state index contributed by atoms with van der Waals surface area (Å²) < 4.78 is 17.0. The van der Waals surface area contributed by atoms with Crippen LogP contribution in [0.15, 0.2) is 24.3 Å². The lowest BCUT2D eigenvalue weighted by atomic mass is 10.1. The van der Waals surface area contributed by atoms with Gasteiger partial charge in [-0.05, 0) is 24.1 Å². The summed E-state index contributed by atoms with van der Waals surface area (Å²) >= 11 is 0. The highest BCUT2D eigenvalue weighted by Crippen LogP contribution is 2.02. The number of carbonyl (C=O) groups is 2. The summed E-state index contributed by atoms with van der Waals surface area (Å²) in [6, 6.07) is 5.61. The van der Waals surface area contributed by atoms with Crippen molar-refractivity contribution in [2.45, 2.75) is 6.42 Å². The Morgan fingerprint density at radius 2 is 1.89 bits per heavy atom. The van der Waals surface area contributed by atoms with Crippen LogP contribution in [-0.2, 0) is 16.0 Å². The molecule has 0 unspecified atom stereocenters. The first-order valence-corrected chi connectivity index (χ1v) is 5.45. The van der Waals surface area contributed by atoms with Crippen molar-refractivity contribution >= 4 is 12.0 Å². The standard InChI is InChI=1S/C12H15FN2O3/c1-18-11(16)8-15-12(17)14-7-6-9-2-4-10(13)5-3-9/h2-5H,6-8H2,1H3,(H2,14,15,17). The Bertz CT molecular complexity index is 406. The number of urea groups is 1. The maximum absolute atomic E-state index is 12.6. The first-order valence-electron chi connectivity index (χ1n) is 5.45. The van der Waals surface area contributed by atoms with E-state index in [1.54, 1.807) is 12.1 Å². The smallest absolute Gasteiger partial charge is 0.325 e. The van der Waals surface area contributed by atoms with Crippen molar-refractivity contribution in [3.63, 3.8) is 0 Å². The zero-order valence-corrected chi connectivity index (χ0v) is 10.0. The molecule has 1 aromatic carbocycles. The van der Waals surface area contributed by atoms with Gasteiger partial charge in [-0.1, -0.05) is 12.1 Å². The molecule has 0 saturated heterocycles. The minimum atomic E-state index is -0.510. The molecule has 1 aromatic rings. The Morgan fingerprint density at radius 1 is 1.22 bits per heavy atom. The number of benzene rings is 1. The van der Waals surface area contributed by atoms with Crippen molar-refractivity contribution in [2.24, 2.45) is 0 Å². The molecule has 0 saturated carbocycles. The number of hydrogen-bond donors (Lipinski definition) is 2. The number of carbonyl (C=O) groups excluding carboxylic acids is 2. The monoisotopic (exact) mass is 254 g/mol. The molecule has 0 atom stereocenters. The summed E-state index contributed by atoms with van der Waals surface area (Å²) in [4.78, 5) is 22.0. The molecule has 0 aromatic heterocycles. The average Bonchev–Trinajstić information content (AvgIpc) is 2.38. The highest BCUT2D eigenvalue weighted by molar-refractivity contribution is 5.80. The van der Waals surface area contributed by atoms with Crippen LogP contribution >= 0.6 is 0 Å². The van der Waals surface area contributed by atoms with Crippen LogP contribution in [-0.4, -0.2) is 32.2 Å². The molecule has 1 rings (SSSR count). The lowest BCUT2D eigenvalue weighted by Gasteiger charge is -2.06. The van der Waals surface area contributed by atoms with Crippen molar-refractivity contribution in [1.29, 1.82) is 0 Å². The van der Waals surface area contributed by atoms with Crippen LogP contribution in [0.5, 0.6) is 0 Å². The largest absolute Gasteiger partial charge is 0.468 e. The van der Waals surface area contributed by atoms with Gasteiger partial charge in [-0.2, -0.15) is 0 Å². The molecule has 0 radical (unpaired) electrons. The Labute approximate surface area is 104 Å². The fraction of sp³-hybridized carbons (Fsp3) is 0.333. The Hall–Kier alpha value is -2.11. The maximum atomic E-state index is 12.6. The Morgan fingerprint density at radius 3 is 2.50 bits per heavy atom. The van der Waals surface area contributed by atoms with Gasteiger partial charge in [-0.3, -0.25) is 4.79 Å². The number of esters is 1. The molecule has 0 bridgehead atoms. The molecule has 98 valence electrons. The molecule has 0 fully saturated rings. The lowest BCUT2D eigenvalue weighted by Crippen LogP contribution is -2.39. The van der Waals surface area contributed by atoms with Crippen molar-refractivity contribution in [1.82, 2.24) is 10.6 Å². The predicted molar refractivity (Wildman–Crippen MR) is 63.5 cm³/mol. The molecule has 2 N–H and O–H groups in total. The zero-order chi connectivity index (χ0) is 13.4. The molecule has 2 amide bonds. The number of halogens is 1. The first kappa shape index (κ1) is 14.0. The quantitative estimate of drug-likeness (QED) is 0.765. The SMILES string of the molecule is COC(=O)CNC(=O)NCCc1ccc(F)cc1. The van der Waals surface area contributed by atoms with Crippen molar-refractivity contribution < 1.29 is 18.7 Å². The van der Waals surface area contributed by atoms with E-state index in [1.165, 1.54) is 19.2 Å². The summed E-state index contributed by atoms with van der Waals surface area (Å²) in [7, 11) is 1.25.